The molecule has 8 heteroatoms. The SMILES string of the molecule is O=C(N[C@H]1CCCN(c2ccccc2)C1=O)c1ccc(OC(F)F)c(OCC2CC2)c1. The van der Waals surface area contributed by atoms with Gasteiger partial charge in [-0.25, -0.2) is 0 Å². The van der Waals surface area contributed by atoms with Crippen LogP contribution in [0.25, 0.3) is 0 Å². The van der Waals surface area contributed by atoms with Gasteiger partial charge in [-0.2, -0.15) is 8.78 Å². The van der Waals surface area contributed by atoms with Gasteiger partial charge in [-0.3, -0.25) is 9.59 Å². The number of halogens is 2. The number of ether oxygens (including phenoxy) is 2. The predicted octanol–water partition coefficient (Wildman–Crippen LogP) is 4.00. The maximum absolute atomic E-state index is 12.9. The molecule has 0 bridgehead atoms. The van der Waals surface area contributed by atoms with Crippen LogP contribution in [0.5, 0.6) is 11.5 Å². The second-order valence-corrected chi connectivity index (χ2v) is 7.79. The van der Waals surface area contributed by atoms with E-state index in [1.807, 2.05) is 30.3 Å². The van der Waals surface area contributed by atoms with Crippen molar-refractivity contribution in [3.63, 3.8) is 0 Å². The topological polar surface area (TPSA) is 67.9 Å². The van der Waals surface area contributed by atoms with Gasteiger partial charge in [0, 0.05) is 17.8 Å². The van der Waals surface area contributed by atoms with Crippen LogP contribution in [0.2, 0.25) is 0 Å². The lowest BCUT2D eigenvalue weighted by Gasteiger charge is -2.32. The molecule has 2 aromatic carbocycles. The smallest absolute Gasteiger partial charge is 0.387 e. The molecule has 0 unspecified atom stereocenters. The minimum atomic E-state index is -2.99. The van der Waals surface area contributed by atoms with E-state index in [9.17, 15) is 18.4 Å². The molecule has 1 aliphatic heterocycles. The lowest BCUT2D eigenvalue weighted by atomic mass is 10.0. The average molecular weight is 430 g/mol. The van der Waals surface area contributed by atoms with Crippen molar-refractivity contribution in [2.24, 2.45) is 5.92 Å². The summed E-state index contributed by atoms with van der Waals surface area (Å²) in [4.78, 5) is 27.4. The second kappa shape index (κ2) is 9.32. The first kappa shape index (κ1) is 21.1. The number of nitrogens with zero attached hydrogens (tertiary/aromatic N) is 1. The van der Waals surface area contributed by atoms with Gasteiger partial charge in [0.25, 0.3) is 5.91 Å². The van der Waals surface area contributed by atoms with Crippen LogP contribution in [0.15, 0.2) is 48.5 Å². The first-order valence-electron chi connectivity index (χ1n) is 10.4. The van der Waals surface area contributed by atoms with Crippen LogP contribution in [0.3, 0.4) is 0 Å². The van der Waals surface area contributed by atoms with Crippen molar-refractivity contribution in [1.82, 2.24) is 5.32 Å². The van der Waals surface area contributed by atoms with Gasteiger partial charge in [0.2, 0.25) is 5.91 Å². The quantitative estimate of drug-likeness (QED) is 0.687. The average Bonchev–Trinajstić information content (AvgIpc) is 3.59. The normalized spacial score (nSPS) is 18.7. The van der Waals surface area contributed by atoms with E-state index >= 15 is 0 Å². The highest BCUT2D eigenvalue weighted by atomic mass is 19.3. The highest BCUT2D eigenvalue weighted by molar-refractivity contribution is 6.03. The van der Waals surface area contributed by atoms with Crippen LogP contribution in [0.4, 0.5) is 14.5 Å². The Labute approximate surface area is 179 Å². The third-order valence-electron chi connectivity index (χ3n) is 5.41. The molecule has 2 amide bonds. The summed E-state index contributed by atoms with van der Waals surface area (Å²) in [6.45, 7) is -2.02. The van der Waals surface area contributed by atoms with E-state index in [4.69, 9.17) is 4.74 Å². The molecule has 6 nitrogen and oxygen atoms in total. The van der Waals surface area contributed by atoms with Gasteiger partial charge in [0.05, 0.1) is 6.61 Å². The lowest BCUT2D eigenvalue weighted by molar-refractivity contribution is -0.121. The number of anilines is 1. The Morgan fingerprint density at radius 2 is 1.87 bits per heavy atom. The van der Waals surface area contributed by atoms with E-state index in [1.165, 1.54) is 18.2 Å². The molecule has 0 spiro atoms. The van der Waals surface area contributed by atoms with Gasteiger partial charge >= 0.3 is 6.61 Å². The Bertz CT molecular complexity index is 934. The Morgan fingerprint density at radius 1 is 1.10 bits per heavy atom. The van der Waals surface area contributed by atoms with E-state index < -0.39 is 18.6 Å². The summed E-state index contributed by atoms with van der Waals surface area (Å²) in [5, 5.41) is 2.77. The highest BCUT2D eigenvalue weighted by Gasteiger charge is 2.31. The molecule has 2 fully saturated rings. The van der Waals surface area contributed by atoms with Crippen LogP contribution < -0.4 is 19.7 Å². The standard InChI is InChI=1S/C23H24F2N2O4/c24-23(25)31-19-11-10-16(13-20(19)30-14-15-8-9-15)21(28)26-18-7-4-12-27(22(18)29)17-5-2-1-3-6-17/h1-3,5-6,10-11,13,15,18,23H,4,7-9,12,14H2,(H,26,28)/t18-/m0/s1. The van der Waals surface area contributed by atoms with Gasteiger partial charge in [-0.1, -0.05) is 18.2 Å². The Hall–Kier alpha value is -3.16. The highest BCUT2D eigenvalue weighted by Crippen LogP contribution is 2.34. The summed E-state index contributed by atoms with van der Waals surface area (Å²) in [7, 11) is 0. The number of hydrogen-bond donors (Lipinski definition) is 1. The molecule has 0 aromatic heterocycles. The summed E-state index contributed by atoms with van der Waals surface area (Å²) < 4.78 is 35.5. The van der Waals surface area contributed by atoms with E-state index in [-0.39, 0.29) is 23.0 Å². The largest absolute Gasteiger partial charge is 0.489 e. The van der Waals surface area contributed by atoms with Crippen molar-refractivity contribution < 1.29 is 27.8 Å². The van der Waals surface area contributed by atoms with Crippen LogP contribution >= 0.6 is 0 Å². The number of alkyl halides is 2. The minimum absolute atomic E-state index is 0.0979. The van der Waals surface area contributed by atoms with Crippen LogP contribution in [0, 0.1) is 5.92 Å². The number of carbonyl (C=O) groups excluding carboxylic acids is 2. The van der Waals surface area contributed by atoms with Gasteiger partial charge in [0.1, 0.15) is 6.04 Å². The Balaban J connectivity index is 1.46. The summed E-state index contributed by atoms with van der Waals surface area (Å²) in [6.07, 6.45) is 3.36. The van der Waals surface area contributed by atoms with Gasteiger partial charge in [0.15, 0.2) is 11.5 Å². The Kier molecular flexibility index (Phi) is 6.34. The van der Waals surface area contributed by atoms with Gasteiger partial charge in [-0.15, -0.1) is 0 Å². The summed E-state index contributed by atoms with van der Waals surface area (Å²) in [5.41, 5.74) is 1.01. The monoisotopic (exact) mass is 430 g/mol. The minimum Gasteiger partial charge on any atom is -0.489 e. The van der Waals surface area contributed by atoms with Crippen LogP contribution in [-0.4, -0.2) is 37.6 Å². The van der Waals surface area contributed by atoms with Crippen molar-refractivity contribution >= 4 is 17.5 Å². The molecule has 2 aliphatic rings. The molecule has 1 N–H and O–H groups in total. The predicted molar refractivity (Wildman–Crippen MR) is 111 cm³/mol. The van der Waals surface area contributed by atoms with Crippen molar-refractivity contribution in [3.05, 3.63) is 54.1 Å². The third-order valence-corrected chi connectivity index (χ3v) is 5.41. The molecule has 2 aromatic rings. The summed E-state index contributed by atoms with van der Waals surface area (Å²) in [5.74, 6) is -0.251. The molecule has 1 atom stereocenters. The Morgan fingerprint density at radius 3 is 2.58 bits per heavy atom. The summed E-state index contributed by atoms with van der Waals surface area (Å²) >= 11 is 0. The van der Waals surface area contributed by atoms with E-state index in [2.05, 4.69) is 10.1 Å². The molecule has 1 saturated carbocycles. The van der Waals surface area contributed by atoms with Crippen molar-refractivity contribution in [3.8, 4) is 11.5 Å². The number of carbonyl (C=O) groups is 2. The fourth-order valence-electron chi connectivity index (χ4n) is 3.56. The second-order valence-electron chi connectivity index (χ2n) is 7.79. The van der Waals surface area contributed by atoms with E-state index in [0.717, 1.165) is 24.9 Å². The maximum Gasteiger partial charge on any atom is 0.387 e. The first-order valence-corrected chi connectivity index (χ1v) is 10.4. The number of piperidine rings is 1. The van der Waals surface area contributed by atoms with Crippen molar-refractivity contribution in [2.75, 3.05) is 18.1 Å². The van der Waals surface area contributed by atoms with Crippen LogP contribution in [0.1, 0.15) is 36.0 Å². The zero-order valence-electron chi connectivity index (χ0n) is 16.9. The lowest BCUT2D eigenvalue weighted by Crippen LogP contribution is -2.52. The molecule has 0 radical (unpaired) electrons. The molecular weight excluding hydrogens is 406 g/mol. The molecule has 31 heavy (non-hydrogen) atoms. The zero-order valence-corrected chi connectivity index (χ0v) is 16.9. The van der Waals surface area contributed by atoms with Gasteiger partial charge in [-0.05, 0) is 61.9 Å². The molecular formula is C23H24F2N2O4. The van der Waals surface area contributed by atoms with E-state index in [0.29, 0.717) is 25.5 Å². The molecule has 4 rings (SSSR count). The number of hydrogen-bond acceptors (Lipinski definition) is 4. The molecule has 1 aliphatic carbocycles. The maximum atomic E-state index is 12.9. The molecule has 1 saturated heterocycles. The third kappa shape index (κ3) is 5.31. The first-order chi connectivity index (χ1) is 15.0. The number of para-hydroxylation sites is 1. The zero-order chi connectivity index (χ0) is 21.8. The summed E-state index contributed by atoms with van der Waals surface area (Å²) in [6, 6.07) is 12.7. The van der Waals surface area contributed by atoms with E-state index in [1.54, 1.807) is 4.90 Å². The van der Waals surface area contributed by atoms with Crippen molar-refractivity contribution in [1.29, 1.82) is 0 Å². The molecule has 164 valence electrons. The fourth-order valence-corrected chi connectivity index (χ4v) is 3.56. The van der Waals surface area contributed by atoms with Crippen molar-refractivity contribution in [2.45, 2.75) is 38.3 Å². The fraction of sp³-hybridized carbons (Fsp3) is 0.391. The number of amides is 2. The molecule has 1 heterocycles. The number of benzene rings is 2. The van der Waals surface area contributed by atoms with Gasteiger partial charge < -0.3 is 19.7 Å². The number of nitrogens with one attached hydrogen (secondary N) is 1. The number of rotatable bonds is 8. The van der Waals surface area contributed by atoms with Crippen LogP contribution in [-0.2, 0) is 4.79 Å².